The van der Waals surface area contributed by atoms with E-state index in [0.29, 0.717) is 27.6 Å². The van der Waals surface area contributed by atoms with Crippen LogP contribution in [-0.2, 0) is 10.0 Å². The van der Waals surface area contributed by atoms with Crippen LogP contribution < -0.4 is 10.0 Å². The van der Waals surface area contributed by atoms with Gasteiger partial charge in [0.15, 0.2) is 17.2 Å². The highest BCUT2D eigenvalue weighted by Gasteiger charge is 2.25. The third-order valence-electron chi connectivity index (χ3n) is 7.30. The molecule has 9 nitrogen and oxygen atoms in total. The lowest BCUT2D eigenvalue weighted by Gasteiger charge is -2.14. The van der Waals surface area contributed by atoms with Gasteiger partial charge in [0, 0.05) is 40.8 Å². The Bertz CT molecular complexity index is 2260. The fraction of sp³-hybridized carbons (Fsp3) is 0.121. The number of halogens is 2. The van der Waals surface area contributed by atoms with E-state index in [4.69, 9.17) is 8.83 Å². The SMILES string of the molecule is CCS(=O)(=O)Nc1cc2oc(-c3ccc(F)cc3)c(C(=O)NC)c2cc1-c1cc(C(C)=O)cc(-c2nc3c(F)cccc3o2)c1. The standard InChI is InChI=1S/C33H25F2N3O6S/c1-4-45(41,42)38-26-16-28-24(29(32(40)36-3)31(43-28)18-8-10-22(34)11-9-18)15-23(26)20-12-19(17(2)39)13-21(14-20)33-37-30-25(35)6-5-7-27(30)44-33/h5-16,38H,4H2,1-3H3,(H,36,40). The topological polar surface area (TPSA) is 132 Å². The van der Waals surface area contributed by atoms with E-state index in [0.717, 1.165) is 0 Å². The van der Waals surface area contributed by atoms with Crippen LogP contribution in [0.2, 0.25) is 0 Å². The Kier molecular flexibility index (Phi) is 7.45. The quantitative estimate of drug-likeness (QED) is 0.171. The van der Waals surface area contributed by atoms with Crippen molar-refractivity contribution < 1.29 is 35.6 Å². The number of anilines is 1. The van der Waals surface area contributed by atoms with Crippen LogP contribution >= 0.6 is 0 Å². The van der Waals surface area contributed by atoms with E-state index < -0.39 is 27.6 Å². The molecular weight excluding hydrogens is 604 g/mol. The molecule has 0 bridgehead atoms. The third kappa shape index (κ3) is 5.55. The lowest BCUT2D eigenvalue weighted by molar-refractivity contribution is 0.0963. The minimum absolute atomic E-state index is 0.0158. The minimum Gasteiger partial charge on any atom is -0.455 e. The zero-order valence-electron chi connectivity index (χ0n) is 24.2. The zero-order valence-corrected chi connectivity index (χ0v) is 25.0. The highest BCUT2D eigenvalue weighted by molar-refractivity contribution is 7.92. The molecule has 0 saturated heterocycles. The molecule has 6 aromatic rings. The summed E-state index contributed by atoms with van der Waals surface area (Å²) in [7, 11) is -2.37. The first-order valence-corrected chi connectivity index (χ1v) is 15.4. The van der Waals surface area contributed by atoms with Crippen LogP contribution in [0.5, 0.6) is 0 Å². The first-order valence-electron chi connectivity index (χ1n) is 13.8. The number of nitrogens with one attached hydrogen (secondary N) is 2. The van der Waals surface area contributed by atoms with Crippen LogP contribution in [0.25, 0.3) is 56.0 Å². The van der Waals surface area contributed by atoms with Crippen molar-refractivity contribution in [2.75, 3.05) is 17.5 Å². The van der Waals surface area contributed by atoms with Crippen molar-refractivity contribution in [3.8, 4) is 33.9 Å². The average Bonchev–Trinajstić information content (AvgIpc) is 3.63. The van der Waals surface area contributed by atoms with Crippen molar-refractivity contribution in [2.45, 2.75) is 13.8 Å². The zero-order chi connectivity index (χ0) is 32.0. The molecule has 0 spiro atoms. The van der Waals surface area contributed by atoms with E-state index in [1.165, 1.54) is 63.4 Å². The Morgan fingerprint density at radius 1 is 0.889 bits per heavy atom. The van der Waals surface area contributed by atoms with Gasteiger partial charge in [-0.25, -0.2) is 22.2 Å². The summed E-state index contributed by atoms with van der Waals surface area (Å²) >= 11 is 0. The van der Waals surface area contributed by atoms with Crippen LogP contribution in [0.15, 0.2) is 81.6 Å². The summed E-state index contributed by atoms with van der Waals surface area (Å²) in [6, 6.07) is 17.5. The number of benzene rings is 4. The van der Waals surface area contributed by atoms with Crippen LogP contribution in [0.1, 0.15) is 34.6 Å². The number of aromatic nitrogens is 1. The van der Waals surface area contributed by atoms with Crippen LogP contribution in [0, 0.1) is 11.6 Å². The minimum atomic E-state index is -3.82. The molecule has 0 aliphatic heterocycles. The summed E-state index contributed by atoms with van der Waals surface area (Å²) in [5.41, 5.74) is 2.36. The second-order valence-electron chi connectivity index (χ2n) is 10.3. The molecule has 0 aliphatic carbocycles. The van der Waals surface area contributed by atoms with Gasteiger partial charge >= 0.3 is 0 Å². The Morgan fingerprint density at radius 2 is 1.62 bits per heavy atom. The fourth-order valence-corrected chi connectivity index (χ4v) is 5.66. The second-order valence-corrected chi connectivity index (χ2v) is 12.3. The van der Waals surface area contributed by atoms with Gasteiger partial charge in [-0.1, -0.05) is 6.07 Å². The number of carbonyl (C=O) groups excluding carboxylic acids is 2. The van der Waals surface area contributed by atoms with Crippen molar-refractivity contribution in [3.63, 3.8) is 0 Å². The normalized spacial score (nSPS) is 11.7. The van der Waals surface area contributed by atoms with Crippen molar-refractivity contribution in [1.82, 2.24) is 10.3 Å². The average molecular weight is 630 g/mol. The van der Waals surface area contributed by atoms with E-state index >= 15 is 0 Å². The Labute approximate surface area is 255 Å². The summed E-state index contributed by atoms with van der Waals surface area (Å²) in [6.45, 7) is 2.85. The molecular formula is C33H25F2N3O6S. The number of hydrogen-bond donors (Lipinski definition) is 2. The molecule has 6 rings (SSSR count). The fourth-order valence-electron chi connectivity index (χ4n) is 5.01. The summed E-state index contributed by atoms with van der Waals surface area (Å²) in [6.07, 6.45) is 0. The smallest absolute Gasteiger partial charge is 0.255 e. The van der Waals surface area contributed by atoms with Gasteiger partial charge in [-0.05, 0) is 80.1 Å². The van der Waals surface area contributed by atoms with Gasteiger partial charge in [-0.3, -0.25) is 14.3 Å². The van der Waals surface area contributed by atoms with Crippen molar-refractivity contribution in [3.05, 3.63) is 95.6 Å². The number of ketones is 1. The van der Waals surface area contributed by atoms with Gasteiger partial charge in [-0.15, -0.1) is 0 Å². The number of amides is 1. The number of carbonyl (C=O) groups is 2. The molecule has 4 aromatic carbocycles. The molecule has 12 heteroatoms. The number of fused-ring (bicyclic) bond motifs is 2. The van der Waals surface area contributed by atoms with Crippen LogP contribution in [0.3, 0.4) is 0 Å². The maximum atomic E-state index is 14.4. The number of hydrogen-bond acceptors (Lipinski definition) is 7. The highest BCUT2D eigenvalue weighted by atomic mass is 32.2. The van der Waals surface area contributed by atoms with Gasteiger partial charge < -0.3 is 14.2 Å². The van der Waals surface area contributed by atoms with Crippen molar-refractivity contribution in [2.24, 2.45) is 0 Å². The highest BCUT2D eigenvalue weighted by Crippen LogP contribution is 2.41. The first kappa shape index (κ1) is 29.7. The van der Waals surface area contributed by atoms with E-state index in [-0.39, 0.29) is 56.7 Å². The number of Topliss-reactive ketones (excluding diaryl/α,β-unsaturated/α-hetero) is 1. The molecule has 0 radical (unpaired) electrons. The largest absolute Gasteiger partial charge is 0.455 e. The number of furan rings is 1. The number of rotatable bonds is 8. The monoisotopic (exact) mass is 629 g/mol. The molecule has 2 aromatic heterocycles. The predicted octanol–water partition coefficient (Wildman–Crippen LogP) is 7.18. The third-order valence-corrected chi connectivity index (χ3v) is 8.59. The van der Waals surface area contributed by atoms with Gasteiger partial charge in [0.1, 0.15) is 22.7 Å². The Balaban J connectivity index is 1.64. The molecule has 228 valence electrons. The molecule has 0 atom stereocenters. The maximum Gasteiger partial charge on any atom is 0.255 e. The summed E-state index contributed by atoms with van der Waals surface area (Å²) in [4.78, 5) is 30.2. The lowest BCUT2D eigenvalue weighted by atomic mass is 9.95. The van der Waals surface area contributed by atoms with Gasteiger partial charge in [0.05, 0.1) is 17.0 Å². The molecule has 0 fully saturated rings. The molecule has 0 aliphatic rings. The van der Waals surface area contributed by atoms with Crippen LogP contribution in [-0.4, -0.2) is 37.9 Å². The van der Waals surface area contributed by atoms with E-state index in [1.54, 1.807) is 30.3 Å². The molecule has 45 heavy (non-hydrogen) atoms. The summed E-state index contributed by atoms with van der Waals surface area (Å²) < 4.78 is 68.2. The van der Waals surface area contributed by atoms with Crippen molar-refractivity contribution in [1.29, 1.82) is 0 Å². The number of para-hydroxylation sites is 1. The Hall–Kier alpha value is -5.36. The second kappa shape index (κ2) is 11.3. The van der Waals surface area contributed by atoms with Crippen molar-refractivity contribution >= 4 is 49.5 Å². The molecule has 2 heterocycles. The summed E-state index contributed by atoms with van der Waals surface area (Å²) in [5, 5.41) is 2.93. The number of nitrogens with zero attached hydrogens (tertiary/aromatic N) is 1. The molecule has 2 N–H and O–H groups in total. The predicted molar refractivity (Wildman–Crippen MR) is 166 cm³/mol. The van der Waals surface area contributed by atoms with Crippen LogP contribution in [0.4, 0.5) is 14.5 Å². The van der Waals surface area contributed by atoms with E-state index in [9.17, 15) is 26.8 Å². The van der Waals surface area contributed by atoms with E-state index in [2.05, 4.69) is 15.0 Å². The number of sulfonamides is 1. The molecule has 1 amide bonds. The van der Waals surface area contributed by atoms with Gasteiger partial charge in [0.25, 0.3) is 5.91 Å². The van der Waals surface area contributed by atoms with E-state index in [1.807, 2.05) is 0 Å². The van der Waals surface area contributed by atoms with Gasteiger partial charge in [-0.2, -0.15) is 0 Å². The van der Waals surface area contributed by atoms with Gasteiger partial charge in [0.2, 0.25) is 15.9 Å². The maximum absolute atomic E-state index is 14.4. The summed E-state index contributed by atoms with van der Waals surface area (Å²) in [5.74, 6) is -1.89. The Morgan fingerprint density at radius 3 is 2.29 bits per heavy atom. The lowest BCUT2D eigenvalue weighted by Crippen LogP contribution is -2.18. The molecule has 0 unspecified atom stereocenters. The first-order chi connectivity index (χ1) is 21.5. The molecule has 0 saturated carbocycles. The number of oxazole rings is 1.